The molecule has 1 aliphatic heterocycles. The number of nitrogens with zero attached hydrogens (tertiary/aromatic N) is 5. The number of allylic oxidation sites excluding steroid dienone is 6. The van der Waals surface area contributed by atoms with Gasteiger partial charge in [0.05, 0.1) is 22.8 Å². The Kier molecular flexibility index (Phi) is 8.83. The van der Waals surface area contributed by atoms with Crippen LogP contribution < -0.4 is 4.90 Å². The average Bonchev–Trinajstić information content (AvgIpc) is 3.39. The molecule has 1 fully saturated rings. The zero-order valence-corrected chi connectivity index (χ0v) is 24.6. The molecule has 6 heteroatoms. The molecule has 3 heterocycles. The van der Waals surface area contributed by atoms with Gasteiger partial charge in [-0.05, 0) is 49.2 Å². The third-order valence-corrected chi connectivity index (χ3v) is 8.02. The van der Waals surface area contributed by atoms with Crippen LogP contribution in [0.2, 0.25) is 5.02 Å². The van der Waals surface area contributed by atoms with Crippen molar-refractivity contribution in [2.75, 3.05) is 38.1 Å². The first kappa shape index (κ1) is 27.9. The van der Waals surface area contributed by atoms with Crippen molar-refractivity contribution in [3.8, 4) is 11.1 Å². The molecule has 1 saturated heterocycles. The van der Waals surface area contributed by atoms with E-state index in [0.29, 0.717) is 0 Å². The summed E-state index contributed by atoms with van der Waals surface area (Å²) in [6.07, 6.45) is 15.6. The second-order valence-electron chi connectivity index (χ2n) is 10.4. The number of likely N-dealkylation sites (N-methyl/N-ethyl adjacent to an activating group) is 1. The lowest BCUT2D eigenvalue weighted by molar-refractivity contribution is 0.312. The highest BCUT2D eigenvalue weighted by Crippen LogP contribution is 2.42. The van der Waals surface area contributed by atoms with E-state index in [9.17, 15) is 0 Å². The van der Waals surface area contributed by atoms with E-state index < -0.39 is 0 Å². The van der Waals surface area contributed by atoms with E-state index in [2.05, 4.69) is 120 Å². The summed E-state index contributed by atoms with van der Waals surface area (Å²) in [6.45, 7) is 8.07. The third kappa shape index (κ3) is 5.77. The van der Waals surface area contributed by atoms with Crippen LogP contribution in [0, 0.1) is 0 Å². The van der Waals surface area contributed by atoms with Gasteiger partial charge in [0.2, 0.25) is 0 Å². The highest BCUT2D eigenvalue weighted by molar-refractivity contribution is 6.38. The van der Waals surface area contributed by atoms with Crippen LogP contribution in [-0.4, -0.2) is 52.7 Å². The Labute approximate surface area is 243 Å². The summed E-state index contributed by atoms with van der Waals surface area (Å²) in [5.74, 6) is 0.954. The standard InChI is InChI=1S/C34H38ClN5/c1-5-7-9-13-25(12-6-2)31(30-23-36-24-39(30)4)27-16-17-29-28(22-27)33(35)32(26-14-10-8-11-15-26)34(37-29)40-20-18-38(3)19-21-40/h6-17,22-24,31H,5,18-21H2,1-4H3/b9-7+,12-6-,25-13+. The Morgan fingerprint density at radius 2 is 1.82 bits per heavy atom. The molecule has 0 aliphatic carbocycles. The minimum Gasteiger partial charge on any atom is -0.353 e. The van der Waals surface area contributed by atoms with E-state index in [1.54, 1.807) is 0 Å². The average molecular weight is 552 g/mol. The van der Waals surface area contributed by atoms with Crippen molar-refractivity contribution in [2.45, 2.75) is 26.2 Å². The van der Waals surface area contributed by atoms with Crippen LogP contribution in [0.5, 0.6) is 0 Å². The van der Waals surface area contributed by atoms with E-state index >= 15 is 0 Å². The largest absolute Gasteiger partial charge is 0.353 e. The number of hydrogen-bond acceptors (Lipinski definition) is 4. The first-order valence-electron chi connectivity index (χ1n) is 14.1. The molecule has 5 rings (SSSR count). The Morgan fingerprint density at radius 1 is 1.05 bits per heavy atom. The van der Waals surface area contributed by atoms with Gasteiger partial charge in [0.15, 0.2) is 0 Å². The van der Waals surface area contributed by atoms with Crippen molar-refractivity contribution >= 4 is 28.3 Å². The number of fused-ring (bicyclic) bond motifs is 1. The maximum absolute atomic E-state index is 7.37. The minimum absolute atomic E-state index is 0.0110. The molecule has 0 amide bonds. The SMILES string of the molecule is C\C=C/C(=C\C=C\CC)C(c1ccc2nc(N3CCN(C)CC3)c(-c3ccccc3)c(Cl)c2c1)c1cncn1C. The van der Waals surface area contributed by atoms with Gasteiger partial charge < -0.3 is 14.4 Å². The molecule has 2 aromatic heterocycles. The van der Waals surface area contributed by atoms with E-state index in [0.717, 1.165) is 76.7 Å². The Morgan fingerprint density at radius 3 is 2.50 bits per heavy atom. The summed E-state index contributed by atoms with van der Waals surface area (Å²) in [4.78, 5) is 14.4. The predicted octanol–water partition coefficient (Wildman–Crippen LogP) is 7.64. The van der Waals surface area contributed by atoms with Crippen molar-refractivity contribution in [1.29, 1.82) is 0 Å². The smallest absolute Gasteiger partial charge is 0.138 e. The molecule has 0 saturated carbocycles. The maximum Gasteiger partial charge on any atom is 0.138 e. The molecule has 2 aromatic carbocycles. The first-order chi connectivity index (χ1) is 19.5. The lowest BCUT2D eigenvalue weighted by atomic mass is 9.86. The van der Waals surface area contributed by atoms with Crippen LogP contribution >= 0.6 is 11.6 Å². The fraction of sp³-hybridized carbons (Fsp3) is 0.294. The number of imidazole rings is 1. The summed E-state index contributed by atoms with van der Waals surface area (Å²) >= 11 is 7.37. The third-order valence-electron chi connectivity index (χ3n) is 7.63. The molecule has 0 spiro atoms. The second kappa shape index (κ2) is 12.7. The highest BCUT2D eigenvalue weighted by Gasteiger charge is 2.25. The van der Waals surface area contributed by atoms with Crippen molar-refractivity contribution < 1.29 is 0 Å². The highest BCUT2D eigenvalue weighted by atomic mass is 35.5. The van der Waals surface area contributed by atoms with E-state index in [-0.39, 0.29) is 5.92 Å². The quantitative estimate of drug-likeness (QED) is 0.211. The minimum atomic E-state index is -0.0110. The van der Waals surface area contributed by atoms with Crippen LogP contribution in [0.3, 0.4) is 0 Å². The molecule has 40 heavy (non-hydrogen) atoms. The normalized spacial score (nSPS) is 16.0. The zero-order valence-electron chi connectivity index (χ0n) is 23.9. The van der Waals surface area contributed by atoms with Gasteiger partial charge >= 0.3 is 0 Å². The number of pyridine rings is 1. The van der Waals surface area contributed by atoms with Gasteiger partial charge in [-0.25, -0.2) is 9.97 Å². The fourth-order valence-electron chi connectivity index (χ4n) is 5.45. The summed E-state index contributed by atoms with van der Waals surface area (Å²) in [7, 11) is 4.22. The Bertz CT molecular complexity index is 1540. The van der Waals surface area contributed by atoms with Crippen LogP contribution in [0.25, 0.3) is 22.0 Å². The Hall–Kier alpha value is -3.67. The molecule has 0 bridgehead atoms. The van der Waals surface area contributed by atoms with E-state index in [4.69, 9.17) is 16.6 Å². The van der Waals surface area contributed by atoms with Crippen LogP contribution in [-0.2, 0) is 7.05 Å². The van der Waals surface area contributed by atoms with E-state index in [1.165, 1.54) is 5.57 Å². The van der Waals surface area contributed by atoms with E-state index in [1.807, 2.05) is 18.6 Å². The topological polar surface area (TPSA) is 37.2 Å². The van der Waals surface area contributed by atoms with Crippen molar-refractivity contribution in [2.24, 2.45) is 7.05 Å². The fourth-order valence-corrected chi connectivity index (χ4v) is 5.80. The monoisotopic (exact) mass is 551 g/mol. The zero-order chi connectivity index (χ0) is 28.1. The number of benzene rings is 2. The number of rotatable bonds is 8. The van der Waals surface area contributed by atoms with Gasteiger partial charge in [-0.15, -0.1) is 0 Å². The van der Waals surface area contributed by atoms with Gasteiger partial charge in [0.1, 0.15) is 5.82 Å². The summed E-state index contributed by atoms with van der Waals surface area (Å²) in [6, 6.07) is 17.0. The number of aryl methyl sites for hydroxylation is 1. The first-order valence-corrected chi connectivity index (χ1v) is 14.5. The Balaban J connectivity index is 1.71. The molecule has 1 aliphatic rings. The van der Waals surface area contributed by atoms with Crippen molar-refractivity contribution in [3.63, 3.8) is 0 Å². The van der Waals surface area contributed by atoms with Crippen LogP contribution in [0.4, 0.5) is 5.82 Å². The van der Waals surface area contributed by atoms with Crippen molar-refractivity contribution in [1.82, 2.24) is 19.4 Å². The summed E-state index contributed by atoms with van der Waals surface area (Å²) in [5, 5.41) is 1.71. The van der Waals surface area contributed by atoms with Gasteiger partial charge in [0, 0.05) is 56.1 Å². The number of halogens is 1. The molecule has 4 aromatic rings. The molecule has 1 unspecified atom stereocenters. The van der Waals surface area contributed by atoms with Gasteiger partial charge in [-0.2, -0.15) is 0 Å². The molecule has 1 atom stereocenters. The predicted molar refractivity (Wildman–Crippen MR) is 169 cm³/mol. The lowest BCUT2D eigenvalue weighted by Gasteiger charge is -2.34. The second-order valence-corrected chi connectivity index (χ2v) is 10.8. The van der Waals surface area contributed by atoms with Gasteiger partial charge in [-0.3, -0.25) is 0 Å². The molecule has 0 radical (unpaired) electrons. The molecular formula is C34H38ClN5. The molecule has 5 nitrogen and oxygen atoms in total. The lowest BCUT2D eigenvalue weighted by Crippen LogP contribution is -2.45. The number of aromatic nitrogens is 3. The number of piperazine rings is 1. The molecule has 206 valence electrons. The van der Waals surface area contributed by atoms with Crippen molar-refractivity contribution in [3.05, 3.63) is 113 Å². The maximum atomic E-state index is 7.37. The summed E-state index contributed by atoms with van der Waals surface area (Å²) in [5.41, 5.74) is 6.47. The van der Waals surface area contributed by atoms with Crippen LogP contribution in [0.15, 0.2) is 97.0 Å². The van der Waals surface area contributed by atoms with Crippen LogP contribution in [0.1, 0.15) is 37.4 Å². The number of hydrogen-bond donors (Lipinski definition) is 0. The van der Waals surface area contributed by atoms with Gasteiger partial charge in [-0.1, -0.05) is 85.3 Å². The molecule has 0 N–H and O–H groups in total. The summed E-state index contributed by atoms with van der Waals surface area (Å²) < 4.78 is 2.10. The van der Waals surface area contributed by atoms with Gasteiger partial charge in [0.25, 0.3) is 0 Å². The number of anilines is 1. The molecular weight excluding hydrogens is 514 g/mol.